The maximum atomic E-state index is 12.1. The first-order valence-corrected chi connectivity index (χ1v) is 5.82. The molecule has 1 unspecified atom stereocenters. The third-order valence-electron chi connectivity index (χ3n) is 2.84. The van der Waals surface area contributed by atoms with Crippen LogP contribution in [-0.4, -0.2) is 24.1 Å². The highest BCUT2D eigenvalue weighted by Crippen LogP contribution is 2.25. The standard InChI is InChI=1S/C13H20N2O2/c1-4-15(13(17)10(3)8-14)12-7-11(16)6-5-9(12)2/h5-7,10,16H,4,8,14H2,1-3H3. The van der Waals surface area contributed by atoms with Crippen molar-refractivity contribution in [2.75, 3.05) is 18.0 Å². The minimum Gasteiger partial charge on any atom is -0.508 e. The molecule has 0 bridgehead atoms. The van der Waals surface area contributed by atoms with Gasteiger partial charge in [-0.3, -0.25) is 4.79 Å². The van der Waals surface area contributed by atoms with Gasteiger partial charge < -0.3 is 15.7 Å². The number of hydrogen-bond acceptors (Lipinski definition) is 3. The molecule has 0 fully saturated rings. The van der Waals surface area contributed by atoms with E-state index in [1.54, 1.807) is 23.1 Å². The normalized spacial score (nSPS) is 12.2. The van der Waals surface area contributed by atoms with E-state index in [4.69, 9.17) is 5.73 Å². The first kappa shape index (κ1) is 13.5. The van der Waals surface area contributed by atoms with Crippen LogP contribution in [0, 0.1) is 12.8 Å². The van der Waals surface area contributed by atoms with Crippen LogP contribution in [0.5, 0.6) is 5.75 Å². The molecule has 0 spiro atoms. The summed E-state index contributed by atoms with van der Waals surface area (Å²) in [5.74, 6) is -0.0577. The Morgan fingerprint density at radius 3 is 2.71 bits per heavy atom. The van der Waals surface area contributed by atoms with Crippen LogP contribution in [0.4, 0.5) is 5.69 Å². The van der Waals surface area contributed by atoms with Crippen molar-refractivity contribution in [3.8, 4) is 5.75 Å². The zero-order valence-electron chi connectivity index (χ0n) is 10.6. The Labute approximate surface area is 102 Å². The van der Waals surface area contributed by atoms with Crippen molar-refractivity contribution >= 4 is 11.6 Å². The van der Waals surface area contributed by atoms with E-state index < -0.39 is 0 Å². The molecule has 94 valence electrons. The predicted octanol–water partition coefficient (Wildman–Crippen LogP) is 1.65. The largest absolute Gasteiger partial charge is 0.508 e. The molecule has 1 aromatic carbocycles. The number of anilines is 1. The average molecular weight is 236 g/mol. The molecule has 1 atom stereocenters. The van der Waals surface area contributed by atoms with Gasteiger partial charge >= 0.3 is 0 Å². The Morgan fingerprint density at radius 1 is 1.53 bits per heavy atom. The molecular weight excluding hydrogens is 216 g/mol. The van der Waals surface area contributed by atoms with Gasteiger partial charge in [0.25, 0.3) is 0 Å². The van der Waals surface area contributed by atoms with Crippen molar-refractivity contribution in [3.05, 3.63) is 23.8 Å². The third kappa shape index (κ3) is 2.97. The monoisotopic (exact) mass is 236 g/mol. The van der Waals surface area contributed by atoms with E-state index in [0.29, 0.717) is 13.1 Å². The van der Waals surface area contributed by atoms with Crippen molar-refractivity contribution in [3.63, 3.8) is 0 Å². The van der Waals surface area contributed by atoms with Crippen LogP contribution in [0.15, 0.2) is 18.2 Å². The van der Waals surface area contributed by atoms with Crippen LogP contribution >= 0.6 is 0 Å². The zero-order chi connectivity index (χ0) is 13.0. The summed E-state index contributed by atoms with van der Waals surface area (Å²) in [5, 5.41) is 9.50. The molecule has 1 amide bonds. The average Bonchev–Trinajstić information content (AvgIpc) is 2.33. The Morgan fingerprint density at radius 2 is 2.18 bits per heavy atom. The number of benzene rings is 1. The SMILES string of the molecule is CCN(C(=O)C(C)CN)c1cc(O)ccc1C. The van der Waals surface area contributed by atoms with Crippen LogP contribution in [0.2, 0.25) is 0 Å². The Balaban J connectivity index is 3.09. The van der Waals surface area contributed by atoms with Gasteiger partial charge in [0.2, 0.25) is 5.91 Å². The minimum atomic E-state index is -0.211. The summed E-state index contributed by atoms with van der Waals surface area (Å²) in [6.07, 6.45) is 0. The molecule has 1 rings (SSSR count). The molecule has 0 aliphatic heterocycles. The van der Waals surface area contributed by atoms with Crippen LogP contribution < -0.4 is 10.6 Å². The highest BCUT2D eigenvalue weighted by atomic mass is 16.3. The number of aromatic hydroxyl groups is 1. The third-order valence-corrected chi connectivity index (χ3v) is 2.84. The molecule has 0 heterocycles. The van der Waals surface area contributed by atoms with Crippen molar-refractivity contribution in [2.45, 2.75) is 20.8 Å². The lowest BCUT2D eigenvalue weighted by molar-refractivity contribution is -0.121. The van der Waals surface area contributed by atoms with Crippen LogP contribution in [0.25, 0.3) is 0 Å². The number of carbonyl (C=O) groups excluding carboxylic acids is 1. The molecule has 3 N–H and O–H groups in total. The first-order chi connectivity index (χ1) is 8.01. The van der Waals surface area contributed by atoms with E-state index in [1.807, 2.05) is 20.8 Å². The Hall–Kier alpha value is -1.55. The van der Waals surface area contributed by atoms with E-state index in [2.05, 4.69) is 0 Å². The molecule has 17 heavy (non-hydrogen) atoms. The van der Waals surface area contributed by atoms with E-state index in [-0.39, 0.29) is 17.6 Å². The predicted molar refractivity (Wildman–Crippen MR) is 69.1 cm³/mol. The molecule has 0 saturated heterocycles. The summed E-state index contributed by atoms with van der Waals surface area (Å²) >= 11 is 0. The second-order valence-corrected chi connectivity index (χ2v) is 4.19. The van der Waals surface area contributed by atoms with E-state index in [1.165, 1.54) is 0 Å². The molecule has 0 aromatic heterocycles. The molecule has 0 aliphatic rings. The lowest BCUT2D eigenvalue weighted by Gasteiger charge is -2.25. The molecule has 0 saturated carbocycles. The van der Waals surface area contributed by atoms with Crippen molar-refractivity contribution < 1.29 is 9.90 Å². The molecule has 4 heteroatoms. The van der Waals surface area contributed by atoms with Crippen molar-refractivity contribution in [1.29, 1.82) is 0 Å². The second kappa shape index (κ2) is 5.68. The summed E-state index contributed by atoms with van der Waals surface area (Å²) in [6, 6.07) is 5.02. The maximum Gasteiger partial charge on any atom is 0.231 e. The van der Waals surface area contributed by atoms with Gasteiger partial charge in [-0.1, -0.05) is 13.0 Å². The summed E-state index contributed by atoms with van der Waals surface area (Å²) in [7, 11) is 0. The number of hydrogen-bond donors (Lipinski definition) is 2. The van der Waals surface area contributed by atoms with E-state index in [0.717, 1.165) is 11.3 Å². The fraction of sp³-hybridized carbons (Fsp3) is 0.462. The topological polar surface area (TPSA) is 66.6 Å². The molecule has 1 aromatic rings. The van der Waals surface area contributed by atoms with E-state index in [9.17, 15) is 9.90 Å². The zero-order valence-corrected chi connectivity index (χ0v) is 10.6. The summed E-state index contributed by atoms with van der Waals surface area (Å²) in [6.45, 7) is 6.52. The molecular formula is C13H20N2O2. The quantitative estimate of drug-likeness (QED) is 0.835. The number of phenols is 1. The fourth-order valence-electron chi connectivity index (χ4n) is 1.70. The van der Waals surface area contributed by atoms with Gasteiger partial charge in [0.05, 0.1) is 5.69 Å². The summed E-state index contributed by atoms with van der Waals surface area (Å²) in [4.78, 5) is 13.8. The summed E-state index contributed by atoms with van der Waals surface area (Å²) < 4.78 is 0. The Kier molecular flexibility index (Phi) is 4.52. The molecule has 4 nitrogen and oxygen atoms in total. The Bertz CT molecular complexity index is 404. The van der Waals surface area contributed by atoms with Crippen LogP contribution in [0.1, 0.15) is 19.4 Å². The number of rotatable bonds is 4. The van der Waals surface area contributed by atoms with Gasteiger partial charge in [0, 0.05) is 25.1 Å². The van der Waals surface area contributed by atoms with Gasteiger partial charge in [-0.2, -0.15) is 0 Å². The van der Waals surface area contributed by atoms with Gasteiger partial charge in [0.1, 0.15) is 5.75 Å². The van der Waals surface area contributed by atoms with Crippen LogP contribution in [0.3, 0.4) is 0 Å². The van der Waals surface area contributed by atoms with Gasteiger partial charge in [0.15, 0.2) is 0 Å². The smallest absolute Gasteiger partial charge is 0.231 e. The van der Waals surface area contributed by atoms with E-state index >= 15 is 0 Å². The van der Waals surface area contributed by atoms with Gasteiger partial charge in [-0.25, -0.2) is 0 Å². The molecule has 0 radical (unpaired) electrons. The highest BCUT2D eigenvalue weighted by Gasteiger charge is 2.20. The fourth-order valence-corrected chi connectivity index (χ4v) is 1.70. The van der Waals surface area contributed by atoms with Gasteiger partial charge in [-0.15, -0.1) is 0 Å². The second-order valence-electron chi connectivity index (χ2n) is 4.19. The van der Waals surface area contributed by atoms with Crippen molar-refractivity contribution in [2.24, 2.45) is 11.7 Å². The summed E-state index contributed by atoms with van der Waals surface area (Å²) in [5.41, 5.74) is 7.22. The number of carbonyl (C=O) groups is 1. The van der Waals surface area contributed by atoms with Crippen molar-refractivity contribution in [1.82, 2.24) is 0 Å². The highest BCUT2D eigenvalue weighted by molar-refractivity contribution is 5.95. The number of phenolic OH excluding ortho intramolecular Hbond substituents is 1. The number of nitrogens with zero attached hydrogens (tertiary/aromatic N) is 1. The number of nitrogens with two attached hydrogens (primary N) is 1. The first-order valence-electron chi connectivity index (χ1n) is 5.82. The lowest BCUT2D eigenvalue weighted by atomic mass is 10.1. The minimum absolute atomic E-state index is 0.0105. The number of amides is 1. The maximum absolute atomic E-state index is 12.1. The van der Waals surface area contributed by atoms with Gasteiger partial charge in [-0.05, 0) is 25.5 Å². The lowest BCUT2D eigenvalue weighted by Crippen LogP contribution is -2.38. The van der Waals surface area contributed by atoms with Crippen LogP contribution in [-0.2, 0) is 4.79 Å². The molecule has 0 aliphatic carbocycles. The number of aryl methyl sites for hydroxylation is 1.